The van der Waals surface area contributed by atoms with Gasteiger partial charge in [0.2, 0.25) is 0 Å². The minimum absolute atomic E-state index is 0.305. The van der Waals surface area contributed by atoms with Gasteiger partial charge in [0.1, 0.15) is 23.6 Å². The number of hydrogen-bond acceptors (Lipinski definition) is 5. The van der Waals surface area contributed by atoms with Crippen LogP contribution in [-0.4, -0.2) is 15.4 Å². The Morgan fingerprint density at radius 2 is 2.17 bits per heavy atom. The van der Waals surface area contributed by atoms with Gasteiger partial charge in [-0.2, -0.15) is 15.4 Å². The number of aromatic nitrogens is 3. The molecular formula is C12H9N3O3. The fourth-order valence-electron chi connectivity index (χ4n) is 1.58. The molecular weight excluding hydrogens is 234 g/mol. The van der Waals surface area contributed by atoms with Gasteiger partial charge in [0.05, 0.1) is 6.20 Å². The van der Waals surface area contributed by atoms with Gasteiger partial charge in [-0.25, -0.2) is 4.79 Å². The average molecular weight is 243 g/mol. The molecule has 6 nitrogen and oxygen atoms in total. The van der Waals surface area contributed by atoms with Crippen LogP contribution in [0.4, 0.5) is 0 Å². The highest BCUT2D eigenvalue weighted by Gasteiger charge is 2.02. The van der Waals surface area contributed by atoms with Crippen LogP contribution in [0, 0.1) is 0 Å². The first kappa shape index (κ1) is 10.5. The van der Waals surface area contributed by atoms with Gasteiger partial charge in [-0.1, -0.05) is 0 Å². The Morgan fingerprint density at radius 3 is 3.00 bits per heavy atom. The fraction of sp³-hybridized carbons (Fsp3) is 0.0833. The summed E-state index contributed by atoms with van der Waals surface area (Å²) in [6.45, 7) is 0.305. The Kier molecular flexibility index (Phi) is 2.53. The molecule has 0 radical (unpaired) electrons. The zero-order valence-electron chi connectivity index (χ0n) is 9.29. The number of nitrogens with one attached hydrogen (secondary N) is 1. The maximum atomic E-state index is 11.1. The van der Waals surface area contributed by atoms with E-state index in [0.717, 1.165) is 5.39 Å². The van der Waals surface area contributed by atoms with E-state index in [1.807, 2.05) is 12.1 Å². The summed E-state index contributed by atoms with van der Waals surface area (Å²) in [6.07, 6.45) is 1.58. The van der Waals surface area contributed by atoms with Gasteiger partial charge in [-0.15, -0.1) is 0 Å². The predicted octanol–water partition coefficient (Wildman–Crippen LogP) is 1.49. The molecule has 1 aromatic carbocycles. The molecule has 6 heteroatoms. The number of nitrogens with zero attached hydrogens (tertiary/aromatic N) is 2. The Morgan fingerprint density at radius 1 is 1.28 bits per heavy atom. The molecule has 3 aromatic rings. The van der Waals surface area contributed by atoms with Crippen LogP contribution in [-0.2, 0) is 6.61 Å². The second kappa shape index (κ2) is 4.33. The molecule has 0 atom stereocenters. The first-order chi connectivity index (χ1) is 8.81. The summed E-state index contributed by atoms with van der Waals surface area (Å²) >= 11 is 0. The van der Waals surface area contributed by atoms with Crippen LogP contribution in [0.5, 0.6) is 5.75 Å². The van der Waals surface area contributed by atoms with Crippen molar-refractivity contribution in [1.29, 1.82) is 0 Å². The molecule has 3 rings (SSSR count). The molecule has 2 aromatic heterocycles. The van der Waals surface area contributed by atoms with Crippen LogP contribution in [0.3, 0.4) is 0 Å². The van der Waals surface area contributed by atoms with E-state index in [4.69, 9.17) is 9.15 Å². The van der Waals surface area contributed by atoms with Crippen LogP contribution in [0.25, 0.3) is 11.0 Å². The highest BCUT2D eigenvalue weighted by atomic mass is 16.5. The summed E-state index contributed by atoms with van der Waals surface area (Å²) in [6, 6.07) is 8.41. The highest BCUT2D eigenvalue weighted by Crippen LogP contribution is 2.19. The maximum absolute atomic E-state index is 11.1. The molecule has 18 heavy (non-hydrogen) atoms. The lowest BCUT2D eigenvalue weighted by molar-refractivity contribution is 0.301. The summed E-state index contributed by atoms with van der Waals surface area (Å²) in [5, 5.41) is 10.9. The standard InChI is InChI=1S/C12H9N3O3/c16-12-4-2-8-1-3-10(5-11(8)18-12)17-7-9-6-13-15-14-9/h1-6H,7H2,(H,13,14,15). The number of benzene rings is 1. The van der Waals surface area contributed by atoms with E-state index in [2.05, 4.69) is 15.4 Å². The lowest BCUT2D eigenvalue weighted by atomic mass is 10.2. The SMILES string of the molecule is O=c1ccc2ccc(OCc3cn[nH]n3)cc2o1. The van der Waals surface area contributed by atoms with Gasteiger partial charge in [0.15, 0.2) is 0 Å². The van der Waals surface area contributed by atoms with Crippen molar-refractivity contribution in [1.82, 2.24) is 15.4 Å². The maximum Gasteiger partial charge on any atom is 0.336 e. The molecule has 0 spiro atoms. The minimum Gasteiger partial charge on any atom is -0.487 e. The zero-order valence-corrected chi connectivity index (χ0v) is 9.29. The summed E-state index contributed by atoms with van der Waals surface area (Å²) in [4.78, 5) is 11.1. The molecule has 0 bridgehead atoms. The summed E-state index contributed by atoms with van der Waals surface area (Å²) in [7, 11) is 0. The van der Waals surface area contributed by atoms with E-state index in [-0.39, 0.29) is 5.63 Å². The summed E-state index contributed by atoms with van der Waals surface area (Å²) in [5.41, 5.74) is 0.820. The number of rotatable bonds is 3. The normalized spacial score (nSPS) is 10.7. The van der Waals surface area contributed by atoms with Crippen molar-refractivity contribution < 1.29 is 9.15 Å². The van der Waals surface area contributed by atoms with Gasteiger partial charge in [-0.05, 0) is 18.2 Å². The molecule has 0 aliphatic carbocycles. The monoisotopic (exact) mass is 243 g/mol. The van der Waals surface area contributed by atoms with Crippen molar-refractivity contribution in [3.05, 3.63) is 52.6 Å². The highest BCUT2D eigenvalue weighted by molar-refractivity contribution is 5.77. The van der Waals surface area contributed by atoms with Gasteiger partial charge in [0.25, 0.3) is 0 Å². The Labute approximate surface area is 101 Å². The third-order valence-electron chi connectivity index (χ3n) is 2.45. The van der Waals surface area contributed by atoms with Crippen molar-refractivity contribution in [3.63, 3.8) is 0 Å². The first-order valence-electron chi connectivity index (χ1n) is 5.33. The molecule has 0 saturated heterocycles. The van der Waals surface area contributed by atoms with Crippen LogP contribution >= 0.6 is 0 Å². The number of ether oxygens (including phenoxy) is 1. The van der Waals surface area contributed by atoms with E-state index in [0.29, 0.717) is 23.6 Å². The minimum atomic E-state index is -0.379. The molecule has 2 heterocycles. The fourth-order valence-corrected chi connectivity index (χ4v) is 1.58. The number of fused-ring (bicyclic) bond motifs is 1. The van der Waals surface area contributed by atoms with Gasteiger partial charge >= 0.3 is 5.63 Å². The predicted molar refractivity (Wildman–Crippen MR) is 63.2 cm³/mol. The average Bonchev–Trinajstić information content (AvgIpc) is 2.89. The van der Waals surface area contributed by atoms with Gasteiger partial charge in [0, 0.05) is 17.5 Å². The lowest BCUT2D eigenvalue weighted by Crippen LogP contribution is -1.97. The van der Waals surface area contributed by atoms with Crippen molar-refractivity contribution >= 4 is 11.0 Å². The Bertz CT molecular complexity index is 719. The molecule has 1 N–H and O–H groups in total. The molecule has 90 valence electrons. The number of hydrogen-bond donors (Lipinski definition) is 1. The smallest absolute Gasteiger partial charge is 0.336 e. The van der Waals surface area contributed by atoms with Gasteiger partial charge in [-0.3, -0.25) is 0 Å². The second-order valence-electron chi connectivity index (χ2n) is 3.70. The molecule has 0 unspecified atom stereocenters. The van der Waals surface area contributed by atoms with Crippen molar-refractivity contribution in [3.8, 4) is 5.75 Å². The summed E-state index contributed by atoms with van der Waals surface area (Å²) in [5.74, 6) is 0.611. The van der Waals surface area contributed by atoms with Crippen LogP contribution < -0.4 is 10.4 Å². The Hall–Kier alpha value is -2.63. The number of aromatic amines is 1. The van der Waals surface area contributed by atoms with E-state index in [1.165, 1.54) is 6.07 Å². The molecule has 0 saturated carbocycles. The third-order valence-corrected chi connectivity index (χ3v) is 2.45. The Balaban J connectivity index is 1.86. The quantitative estimate of drug-likeness (QED) is 0.705. The van der Waals surface area contributed by atoms with Crippen LogP contribution in [0.2, 0.25) is 0 Å². The van der Waals surface area contributed by atoms with E-state index < -0.39 is 0 Å². The molecule has 0 amide bonds. The molecule has 0 aliphatic rings. The topological polar surface area (TPSA) is 81.0 Å². The number of H-pyrrole nitrogens is 1. The van der Waals surface area contributed by atoms with Crippen molar-refractivity contribution in [2.24, 2.45) is 0 Å². The van der Waals surface area contributed by atoms with E-state index >= 15 is 0 Å². The van der Waals surface area contributed by atoms with Crippen molar-refractivity contribution in [2.45, 2.75) is 6.61 Å². The van der Waals surface area contributed by atoms with Crippen molar-refractivity contribution in [2.75, 3.05) is 0 Å². The van der Waals surface area contributed by atoms with Crippen LogP contribution in [0.1, 0.15) is 5.69 Å². The first-order valence-corrected chi connectivity index (χ1v) is 5.33. The summed E-state index contributed by atoms with van der Waals surface area (Å²) < 4.78 is 10.6. The van der Waals surface area contributed by atoms with Gasteiger partial charge < -0.3 is 9.15 Å². The van der Waals surface area contributed by atoms with Crippen LogP contribution in [0.15, 0.2) is 45.7 Å². The lowest BCUT2D eigenvalue weighted by Gasteiger charge is -2.04. The van der Waals surface area contributed by atoms with E-state index in [1.54, 1.807) is 18.3 Å². The second-order valence-corrected chi connectivity index (χ2v) is 3.70. The molecule has 0 fully saturated rings. The third kappa shape index (κ3) is 2.08. The molecule has 0 aliphatic heterocycles. The largest absolute Gasteiger partial charge is 0.487 e. The van der Waals surface area contributed by atoms with E-state index in [9.17, 15) is 4.79 Å². The zero-order chi connectivity index (χ0) is 12.4.